The molecule has 1 aromatic carbocycles. The van der Waals surface area contributed by atoms with Gasteiger partial charge in [-0.05, 0) is 39.2 Å². The van der Waals surface area contributed by atoms with Crippen LogP contribution in [0.4, 0.5) is 5.69 Å². The number of benzene rings is 1. The van der Waals surface area contributed by atoms with E-state index in [9.17, 15) is 0 Å². The number of nitrogen functional groups attached to an aromatic ring is 1. The van der Waals surface area contributed by atoms with Crippen molar-refractivity contribution in [3.05, 3.63) is 30.5 Å². The number of anilines is 1. The first-order chi connectivity index (χ1) is 7.68. The van der Waals surface area contributed by atoms with Crippen LogP contribution in [0.1, 0.15) is 6.42 Å². The van der Waals surface area contributed by atoms with Gasteiger partial charge in [0.25, 0.3) is 0 Å². The third-order valence-electron chi connectivity index (χ3n) is 2.82. The highest BCUT2D eigenvalue weighted by molar-refractivity contribution is 5.90. The van der Waals surface area contributed by atoms with E-state index in [2.05, 4.69) is 41.9 Å². The number of nitrogens with two attached hydrogens (primary N) is 1. The highest BCUT2D eigenvalue weighted by Crippen LogP contribution is 2.22. The Balaban J connectivity index is 2.18. The Labute approximate surface area is 96.5 Å². The van der Waals surface area contributed by atoms with Gasteiger partial charge in [0.1, 0.15) is 0 Å². The molecule has 0 aliphatic rings. The molecular weight excluding hydrogens is 198 g/mol. The van der Waals surface area contributed by atoms with Crippen LogP contribution < -0.4 is 5.73 Å². The molecular formula is C13H19N3. The molecule has 0 radical (unpaired) electrons. The summed E-state index contributed by atoms with van der Waals surface area (Å²) in [6, 6.07) is 8.20. The second-order valence-corrected chi connectivity index (χ2v) is 4.45. The molecule has 2 N–H and O–H groups in total. The SMILES string of the molecule is CN(C)CCCn1ccc2cccc(N)c21. The van der Waals surface area contributed by atoms with Gasteiger partial charge in [0.2, 0.25) is 0 Å². The van der Waals surface area contributed by atoms with E-state index in [1.54, 1.807) is 0 Å². The quantitative estimate of drug-likeness (QED) is 0.796. The Morgan fingerprint density at radius 1 is 1.25 bits per heavy atom. The van der Waals surface area contributed by atoms with Crippen molar-refractivity contribution in [3.63, 3.8) is 0 Å². The number of rotatable bonds is 4. The molecule has 16 heavy (non-hydrogen) atoms. The van der Waals surface area contributed by atoms with E-state index in [4.69, 9.17) is 5.73 Å². The van der Waals surface area contributed by atoms with Crippen LogP contribution in [-0.4, -0.2) is 30.1 Å². The summed E-state index contributed by atoms with van der Waals surface area (Å²) in [5, 5.41) is 1.23. The van der Waals surface area contributed by atoms with E-state index in [0.717, 1.165) is 25.2 Å². The minimum Gasteiger partial charge on any atom is -0.397 e. The highest BCUT2D eigenvalue weighted by atomic mass is 15.1. The summed E-state index contributed by atoms with van der Waals surface area (Å²) >= 11 is 0. The molecule has 3 heteroatoms. The monoisotopic (exact) mass is 217 g/mol. The van der Waals surface area contributed by atoms with Gasteiger partial charge in [0.05, 0.1) is 11.2 Å². The van der Waals surface area contributed by atoms with Crippen molar-refractivity contribution < 1.29 is 0 Å². The van der Waals surface area contributed by atoms with Crippen molar-refractivity contribution in [2.24, 2.45) is 0 Å². The molecule has 0 spiro atoms. The Hall–Kier alpha value is -1.48. The van der Waals surface area contributed by atoms with Gasteiger partial charge in [-0.2, -0.15) is 0 Å². The summed E-state index contributed by atoms with van der Waals surface area (Å²) in [5.41, 5.74) is 8.04. The summed E-state index contributed by atoms with van der Waals surface area (Å²) in [6.45, 7) is 2.13. The van der Waals surface area contributed by atoms with Gasteiger partial charge in [0, 0.05) is 18.1 Å². The van der Waals surface area contributed by atoms with Crippen molar-refractivity contribution in [2.75, 3.05) is 26.4 Å². The van der Waals surface area contributed by atoms with Crippen LogP contribution in [0.2, 0.25) is 0 Å². The molecule has 0 aliphatic heterocycles. The molecule has 0 bridgehead atoms. The molecule has 0 fully saturated rings. The molecule has 0 saturated heterocycles. The standard InChI is InChI=1S/C13H19N3/c1-15(2)8-4-9-16-10-7-11-5-3-6-12(14)13(11)16/h3,5-7,10H,4,8-9,14H2,1-2H3. The maximum absolute atomic E-state index is 6.00. The first-order valence-electron chi connectivity index (χ1n) is 5.66. The third kappa shape index (κ3) is 2.19. The van der Waals surface area contributed by atoms with E-state index in [1.807, 2.05) is 12.1 Å². The second kappa shape index (κ2) is 4.58. The van der Waals surface area contributed by atoms with Gasteiger partial charge >= 0.3 is 0 Å². The zero-order chi connectivity index (χ0) is 11.5. The lowest BCUT2D eigenvalue weighted by molar-refractivity contribution is 0.388. The van der Waals surface area contributed by atoms with Gasteiger partial charge in [-0.25, -0.2) is 0 Å². The lowest BCUT2D eigenvalue weighted by Crippen LogP contribution is -2.14. The number of para-hydroxylation sites is 1. The number of aryl methyl sites for hydroxylation is 1. The normalized spacial score (nSPS) is 11.4. The van der Waals surface area contributed by atoms with Crippen LogP contribution >= 0.6 is 0 Å². The summed E-state index contributed by atoms with van der Waals surface area (Å²) in [7, 11) is 4.20. The van der Waals surface area contributed by atoms with Gasteiger partial charge in [0.15, 0.2) is 0 Å². The first-order valence-corrected chi connectivity index (χ1v) is 5.66. The van der Waals surface area contributed by atoms with E-state index < -0.39 is 0 Å². The molecule has 0 aliphatic carbocycles. The van der Waals surface area contributed by atoms with E-state index >= 15 is 0 Å². The lowest BCUT2D eigenvalue weighted by Gasteiger charge is -2.11. The van der Waals surface area contributed by atoms with Crippen molar-refractivity contribution in [3.8, 4) is 0 Å². The number of nitrogens with zero attached hydrogens (tertiary/aromatic N) is 2. The molecule has 1 heterocycles. The molecule has 2 rings (SSSR count). The van der Waals surface area contributed by atoms with Gasteiger partial charge in [-0.3, -0.25) is 0 Å². The van der Waals surface area contributed by atoms with Crippen LogP contribution in [0, 0.1) is 0 Å². The van der Waals surface area contributed by atoms with Crippen molar-refractivity contribution >= 4 is 16.6 Å². The Morgan fingerprint density at radius 3 is 2.81 bits per heavy atom. The summed E-state index contributed by atoms with van der Waals surface area (Å²) < 4.78 is 2.24. The number of fused-ring (bicyclic) bond motifs is 1. The molecule has 1 aromatic heterocycles. The molecule has 0 saturated carbocycles. The average molecular weight is 217 g/mol. The maximum atomic E-state index is 6.00. The van der Waals surface area contributed by atoms with Crippen LogP contribution in [0.3, 0.4) is 0 Å². The van der Waals surface area contributed by atoms with E-state index in [1.165, 1.54) is 10.9 Å². The third-order valence-corrected chi connectivity index (χ3v) is 2.82. The topological polar surface area (TPSA) is 34.2 Å². The molecule has 2 aromatic rings. The number of hydrogen-bond acceptors (Lipinski definition) is 2. The van der Waals surface area contributed by atoms with Crippen LogP contribution in [-0.2, 0) is 6.54 Å². The highest BCUT2D eigenvalue weighted by Gasteiger charge is 2.03. The zero-order valence-electron chi connectivity index (χ0n) is 9.98. The van der Waals surface area contributed by atoms with E-state index in [0.29, 0.717) is 0 Å². The summed E-state index contributed by atoms with van der Waals surface area (Å²) in [4.78, 5) is 2.20. The molecule has 3 nitrogen and oxygen atoms in total. The second-order valence-electron chi connectivity index (χ2n) is 4.45. The summed E-state index contributed by atoms with van der Waals surface area (Å²) in [6.07, 6.45) is 3.27. The Morgan fingerprint density at radius 2 is 2.06 bits per heavy atom. The van der Waals surface area contributed by atoms with Crippen LogP contribution in [0.5, 0.6) is 0 Å². The predicted molar refractivity (Wildman–Crippen MR) is 69.5 cm³/mol. The van der Waals surface area contributed by atoms with Gasteiger partial charge in [-0.15, -0.1) is 0 Å². The maximum Gasteiger partial charge on any atom is 0.0713 e. The fourth-order valence-corrected chi connectivity index (χ4v) is 2.03. The number of hydrogen-bond donors (Lipinski definition) is 1. The first kappa shape index (κ1) is 11.0. The fourth-order valence-electron chi connectivity index (χ4n) is 2.03. The van der Waals surface area contributed by atoms with Gasteiger partial charge in [-0.1, -0.05) is 12.1 Å². The Kier molecular flexibility index (Phi) is 3.15. The smallest absolute Gasteiger partial charge is 0.0713 e. The van der Waals surface area contributed by atoms with Crippen LogP contribution in [0.25, 0.3) is 10.9 Å². The zero-order valence-corrected chi connectivity index (χ0v) is 9.98. The largest absolute Gasteiger partial charge is 0.397 e. The Bertz CT molecular complexity index is 471. The molecule has 0 unspecified atom stereocenters. The molecule has 86 valence electrons. The molecule has 0 amide bonds. The minimum atomic E-state index is 0.868. The lowest BCUT2D eigenvalue weighted by atomic mass is 10.2. The van der Waals surface area contributed by atoms with Crippen molar-refractivity contribution in [1.29, 1.82) is 0 Å². The summed E-state index contributed by atoms with van der Waals surface area (Å²) in [5.74, 6) is 0. The van der Waals surface area contributed by atoms with Gasteiger partial charge < -0.3 is 15.2 Å². The van der Waals surface area contributed by atoms with Crippen molar-refractivity contribution in [1.82, 2.24) is 9.47 Å². The minimum absolute atomic E-state index is 0.868. The fraction of sp³-hybridized carbons (Fsp3) is 0.385. The number of aromatic nitrogens is 1. The molecule has 0 atom stereocenters. The predicted octanol–water partition coefficient (Wildman–Crippen LogP) is 2.18. The van der Waals surface area contributed by atoms with Crippen LogP contribution in [0.15, 0.2) is 30.5 Å². The average Bonchev–Trinajstić information content (AvgIpc) is 2.62. The van der Waals surface area contributed by atoms with E-state index in [-0.39, 0.29) is 0 Å². The van der Waals surface area contributed by atoms with Crippen molar-refractivity contribution in [2.45, 2.75) is 13.0 Å².